The third-order valence-electron chi connectivity index (χ3n) is 3.42. The Morgan fingerprint density at radius 1 is 1.33 bits per heavy atom. The summed E-state index contributed by atoms with van der Waals surface area (Å²) in [5.41, 5.74) is 0.948. The maximum Gasteiger partial charge on any atom is 0.139 e. The van der Waals surface area contributed by atoms with E-state index in [1.165, 1.54) is 25.7 Å². The van der Waals surface area contributed by atoms with Gasteiger partial charge in [-0.05, 0) is 25.5 Å². The van der Waals surface area contributed by atoms with Crippen LogP contribution in [0.2, 0.25) is 0 Å². The van der Waals surface area contributed by atoms with Gasteiger partial charge in [0.25, 0.3) is 0 Å². The third kappa shape index (κ3) is 6.84. The van der Waals surface area contributed by atoms with Crippen molar-refractivity contribution in [2.45, 2.75) is 51.6 Å². The van der Waals surface area contributed by atoms with Crippen LogP contribution in [0.3, 0.4) is 0 Å². The summed E-state index contributed by atoms with van der Waals surface area (Å²) in [6.07, 6.45) is 10.9. The van der Waals surface area contributed by atoms with Gasteiger partial charge in [-0.2, -0.15) is 0 Å². The number of unbranched alkanes of at least 4 members (excludes halogenated alkanes) is 4. The molecule has 1 saturated heterocycles. The molecule has 1 aliphatic heterocycles. The highest BCUT2D eigenvalue weighted by Gasteiger charge is 2.15. The fourth-order valence-electron chi connectivity index (χ4n) is 2.28. The minimum Gasteiger partial charge on any atom is -0.487 e. The Bertz CT molecular complexity index is 461. The molecule has 1 atom stereocenters. The largest absolute Gasteiger partial charge is 0.487 e. The predicted molar refractivity (Wildman–Crippen MR) is 89.0 cm³/mol. The highest BCUT2D eigenvalue weighted by molar-refractivity contribution is 5.85. The molecule has 1 aromatic heterocycles. The van der Waals surface area contributed by atoms with E-state index < -0.39 is 0 Å². The van der Waals surface area contributed by atoms with Crippen LogP contribution in [0.5, 0.6) is 5.75 Å². The van der Waals surface area contributed by atoms with Gasteiger partial charge in [-0.3, -0.25) is 4.98 Å². The van der Waals surface area contributed by atoms with Gasteiger partial charge in [0.15, 0.2) is 0 Å². The maximum atomic E-state index is 5.88. The van der Waals surface area contributed by atoms with Crippen molar-refractivity contribution in [3.8, 4) is 17.6 Å². The highest BCUT2D eigenvalue weighted by atomic mass is 35.5. The zero-order valence-corrected chi connectivity index (χ0v) is 13.5. The van der Waals surface area contributed by atoms with Gasteiger partial charge in [0, 0.05) is 24.7 Å². The Labute approximate surface area is 134 Å². The summed E-state index contributed by atoms with van der Waals surface area (Å²) < 4.78 is 5.88. The number of nitrogens with zero attached hydrogens (tertiary/aromatic N) is 1. The van der Waals surface area contributed by atoms with Crippen LogP contribution in [-0.4, -0.2) is 24.2 Å². The normalized spacial score (nSPS) is 16.7. The van der Waals surface area contributed by atoms with Crippen LogP contribution in [0.25, 0.3) is 0 Å². The van der Waals surface area contributed by atoms with E-state index in [1.807, 2.05) is 6.07 Å². The topological polar surface area (TPSA) is 34.1 Å². The van der Waals surface area contributed by atoms with Gasteiger partial charge in [-0.1, -0.05) is 38.0 Å². The number of ether oxygens (including phenoxy) is 1. The molecule has 0 saturated carbocycles. The Hall–Kier alpha value is -1.24. The number of hydrogen-bond donors (Lipinski definition) is 1. The van der Waals surface area contributed by atoms with Gasteiger partial charge >= 0.3 is 0 Å². The second-order valence-corrected chi connectivity index (χ2v) is 5.25. The zero-order valence-electron chi connectivity index (χ0n) is 12.7. The fraction of sp³-hybridized carbons (Fsp3) is 0.588. The summed E-state index contributed by atoms with van der Waals surface area (Å²) in [5, 5.41) is 3.29. The van der Waals surface area contributed by atoms with Gasteiger partial charge in [-0.15, -0.1) is 12.4 Å². The quantitative estimate of drug-likeness (QED) is 0.644. The first-order valence-electron chi connectivity index (χ1n) is 7.70. The summed E-state index contributed by atoms with van der Waals surface area (Å²) in [6, 6.07) is 1.99. The zero-order chi connectivity index (χ0) is 14.0. The number of rotatable bonds is 6. The molecule has 0 bridgehead atoms. The smallest absolute Gasteiger partial charge is 0.139 e. The molecule has 21 heavy (non-hydrogen) atoms. The lowest BCUT2D eigenvalue weighted by molar-refractivity contribution is 0.222. The fourth-order valence-corrected chi connectivity index (χ4v) is 2.28. The van der Waals surface area contributed by atoms with E-state index in [4.69, 9.17) is 4.74 Å². The van der Waals surface area contributed by atoms with Crippen LogP contribution in [0.4, 0.5) is 0 Å². The van der Waals surface area contributed by atoms with Gasteiger partial charge < -0.3 is 10.1 Å². The minimum atomic E-state index is 0. The molecular weight excluding hydrogens is 284 g/mol. The molecule has 1 unspecified atom stereocenters. The molecule has 0 spiro atoms. The Morgan fingerprint density at radius 2 is 2.24 bits per heavy atom. The van der Waals surface area contributed by atoms with Crippen molar-refractivity contribution in [3.63, 3.8) is 0 Å². The lowest BCUT2D eigenvalue weighted by Crippen LogP contribution is -2.19. The van der Waals surface area contributed by atoms with Crippen LogP contribution < -0.4 is 10.1 Å². The Balaban J connectivity index is 0.00000220. The lowest BCUT2D eigenvalue weighted by atomic mass is 10.1. The summed E-state index contributed by atoms with van der Waals surface area (Å²) in [4.78, 5) is 4.21. The Morgan fingerprint density at radius 3 is 3.00 bits per heavy atom. The molecule has 116 valence electrons. The van der Waals surface area contributed by atoms with E-state index in [0.29, 0.717) is 0 Å². The van der Waals surface area contributed by atoms with Crippen molar-refractivity contribution in [1.82, 2.24) is 10.3 Å². The number of hydrogen-bond acceptors (Lipinski definition) is 3. The average molecular weight is 309 g/mol. The molecule has 1 N–H and O–H groups in total. The molecule has 0 amide bonds. The van der Waals surface area contributed by atoms with Gasteiger partial charge in [-0.25, -0.2) is 0 Å². The standard InChI is InChI=1S/C17H24N2O.ClH/c1-2-3-4-5-6-7-8-15-11-17(14-19-12-15)20-16-9-10-18-13-16;/h11-12,14,16,18H,2-6,9-10,13H2,1H3;1H. The molecule has 3 nitrogen and oxygen atoms in total. The molecule has 2 heterocycles. The second kappa shape index (κ2) is 10.5. The molecular formula is C17H25ClN2O. The molecule has 0 aromatic carbocycles. The van der Waals surface area contributed by atoms with Gasteiger partial charge in [0.1, 0.15) is 11.9 Å². The van der Waals surface area contributed by atoms with E-state index >= 15 is 0 Å². The van der Waals surface area contributed by atoms with Crippen LogP contribution in [-0.2, 0) is 0 Å². The molecule has 0 radical (unpaired) electrons. The number of aromatic nitrogens is 1. The Kier molecular flexibility index (Phi) is 8.89. The molecule has 1 aromatic rings. The highest BCUT2D eigenvalue weighted by Crippen LogP contribution is 2.15. The van der Waals surface area contributed by atoms with Gasteiger partial charge in [0.05, 0.1) is 6.20 Å². The van der Waals surface area contributed by atoms with Crippen molar-refractivity contribution < 1.29 is 4.74 Å². The van der Waals surface area contributed by atoms with E-state index in [-0.39, 0.29) is 18.5 Å². The van der Waals surface area contributed by atoms with Crippen LogP contribution in [0.1, 0.15) is 51.0 Å². The first-order chi connectivity index (χ1) is 9.88. The lowest BCUT2D eigenvalue weighted by Gasteiger charge is -2.11. The van der Waals surface area contributed by atoms with E-state index in [2.05, 4.69) is 29.1 Å². The van der Waals surface area contributed by atoms with Crippen molar-refractivity contribution in [3.05, 3.63) is 24.0 Å². The van der Waals surface area contributed by atoms with Crippen LogP contribution in [0, 0.1) is 11.8 Å². The summed E-state index contributed by atoms with van der Waals surface area (Å²) in [7, 11) is 0. The average Bonchev–Trinajstić information content (AvgIpc) is 2.96. The molecule has 2 rings (SSSR count). The van der Waals surface area contributed by atoms with Crippen molar-refractivity contribution in [1.29, 1.82) is 0 Å². The predicted octanol–water partition coefficient (Wildman–Crippen LogP) is 3.57. The number of pyridine rings is 1. The first-order valence-corrected chi connectivity index (χ1v) is 7.70. The SMILES string of the molecule is CCCCCCC#Cc1cncc(OC2CCNC2)c1.Cl. The van der Waals surface area contributed by atoms with Crippen LogP contribution >= 0.6 is 12.4 Å². The van der Waals surface area contributed by atoms with Crippen molar-refractivity contribution in [2.24, 2.45) is 0 Å². The first kappa shape index (κ1) is 17.8. The monoisotopic (exact) mass is 308 g/mol. The molecule has 0 aliphatic carbocycles. The molecule has 1 fully saturated rings. The summed E-state index contributed by atoms with van der Waals surface area (Å²) in [5.74, 6) is 7.23. The third-order valence-corrected chi connectivity index (χ3v) is 3.42. The number of nitrogens with one attached hydrogen (secondary N) is 1. The van der Waals surface area contributed by atoms with Crippen molar-refractivity contribution >= 4 is 12.4 Å². The van der Waals surface area contributed by atoms with Crippen molar-refractivity contribution in [2.75, 3.05) is 13.1 Å². The minimum absolute atomic E-state index is 0. The second-order valence-electron chi connectivity index (χ2n) is 5.25. The summed E-state index contributed by atoms with van der Waals surface area (Å²) in [6.45, 7) is 4.19. The molecule has 1 aliphatic rings. The maximum absolute atomic E-state index is 5.88. The van der Waals surface area contributed by atoms with E-state index in [0.717, 1.165) is 37.2 Å². The summed E-state index contributed by atoms with van der Waals surface area (Å²) >= 11 is 0. The molecule has 4 heteroatoms. The van der Waals surface area contributed by atoms with E-state index in [1.54, 1.807) is 12.4 Å². The van der Waals surface area contributed by atoms with E-state index in [9.17, 15) is 0 Å². The number of halogens is 1. The van der Waals surface area contributed by atoms with Gasteiger partial charge in [0.2, 0.25) is 0 Å². The van der Waals surface area contributed by atoms with Crippen LogP contribution in [0.15, 0.2) is 18.5 Å².